The van der Waals surface area contributed by atoms with Crippen LogP contribution in [-0.4, -0.2) is 6.54 Å². The Kier molecular flexibility index (Phi) is 6.03. The van der Waals surface area contributed by atoms with E-state index in [0.717, 1.165) is 29.2 Å². The number of anilines is 1. The van der Waals surface area contributed by atoms with Crippen LogP contribution in [0, 0.1) is 12.0 Å². The first-order valence-electron chi connectivity index (χ1n) is 8.81. The molecule has 0 aliphatic rings. The average Bonchev–Trinajstić information content (AvgIpc) is 3.00. The number of allylic oxidation sites excluding steroid dienone is 1. The fraction of sp³-hybridized carbons (Fsp3) is 0.227. The highest BCUT2D eigenvalue weighted by Crippen LogP contribution is 2.23. The van der Waals surface area contributed by atoms with Crippen LogP contribution < -0.4 is 9.47 Å². The molecular formula is C22H23N2S2+. The van der Waals surface area contributed by atoms with Crippen LogP contribution in [0.15, 0.2) is 59.0 Å². The molecule has 0 unspecified atom stereocenters. The fourth-order valence-electron chi connectivity index (χ4n) is 2.87. The second-order valence-electron chi connectivity index (χ2n) is 5.95. The third-order valence-electron chi connectivity index (χ3n) is 4.17. The van der Waals surface area contributed by atoms with Crippen molar-refractivity contribution in [3.05, 3.63) is 59.1 Å². The molecule has 0 atom stereocenters. The number of thiazole rings is 1. The van der Waals surface area contributed by atoms with E-state index in [1.165, 1.54) is 15.2 Å². The van der Waals surface area contributed by atoms with E-state index >= 15 is 0 Å². The zero-order chi connectivity index (χ0) is 18.5. The summed E-state index contributed by atoms with van der Waals surface area (Å²) in [6.45, 7) is 8.11. The van der Waals surface area contributed by atoms with Crippen molar-refractivity contribution >= 4 is 45.9 Å². The predicted molar refractivity (Wildman–Crippen MR) is 116 cm³/mol. The molecule has 2 nitrogen and oxygen atoms in total. The van der Waals surface area contributed by atoms with Gasteiger partial charge in [0, 0.05) is 35.2 Å². The summed E-state index contributed by atoms with van der Waals surface area (Å²) in [5.41, 5.74) is 3.38. The number of aryl methyl sites for hydroxylation is 1. The Hall–Kier alpha value is -2.22. The maximum Gasteiger partial charge on any atom is 0.263 e. The molecule has 0 saturated heterocycles. The lowest BCUT2D eigenvalue weighted by Crippen LogP contribution is -2.33. The van der Waals surface area contributed by atoms with Gasteiger partial charge in [-0.1, -0.05) is 35.6 Å². The van der Waals surface area contributed by atoms with Gasteiger partial charge in [-0.3, -0.25) is 0 Å². The zero-order valence-electron chi connectivity index (χ0n) is 15.4. The van der Waals surface area contributed by atoms with Gasteiger partial charge in [0.25, 0.3) is 5.01 Å². The Bertz CT molecular complexity index is 1010. The SMILES string of the molecule is CCN(C#C/C(C)=C/c1sc2ccccc2[n+]1CC)c1ccccc1S. The number of aromatic nitrogens is 1. The Morgan fingerprint density at radius 1 is 1.15 bits per heavy atom. The number of thiol groups is 1. The summed E-state index contributed by atoms with van der Waals surface area (Å²) in [6, 6.07) is 19.9. The van der Waals surface area contributed by atoms with E-state index in [4.69, 9.17) is 0 Å². The van der Waals surface area contributed by atoms with Gasteiger partial charge < -0.3 is 4.90 Å². The molecule has 0 amide bonds. The van der Waals surface area contributed by atoms with E-state index in [-0.39, 0.29) is 0 Å². The Labute approximate surface area is 165 Å². The number of benzene rings is 2. The highest BCUT2D eigenvalue weighted by molar-refractivity contribution is 7.80. The third kappa shape index (κ3) is 3.95. The first-order chi connectivity index (χ1) is 12.6. The number of nitrogens with zero attached hydrogens (tertiary/aromatic N) is 2. The van der Waals surface area contributed by atoms with Crippen LogP contribution in [0.2, 0.25) is 0 Å². The van der Waals surface area contributed by atoms with Crippen molar-refractivity contribution in [2.24, 2.45) is 0 Å². The molecule has 0 fully saturated rings. The summed E-state index contributed by atoms with van der Waals surface area (Å²) >= 11 is 6.35. The summed E-state index contributed by atoms with van der Waals surface area (Å²) in [5.74, 6) is 3.30. The monoisotopic (exact) mass is 379 g/mol. The second kappa shape index (κ2) is 8.44. The molecule has 0 spiro atoms. The lowest BCUT2D eigenvalue weighted by molar-refractivity contribution is -0.665. The summed E-state index contributed by atoms with van der Waals surface area (Å²) in [6.07, 6.45) is 2.18. The summed E-state index contributed by atoms with van der Waals surface area (Å²) < 4.78 is 3.65. The van der Waals surface area contributed by atoms with Crippen LogP contribution in [0.4, 0.5) is 5.69 Å². The van der Waals surface area contributed by atoms with E-state index in [1.54, 1.807) is 0 Å². The zero-order valence-corrected chi connectivity index (χ0v) is 17.1. The largest absolute Gasteiger partial charge is 0.300 e. The van der Waals surface area contributed by atoms with Gasteiger partial charge in [0.2, 0.25) is 5.52 Å². The van der Waals surface area contributed by atoms with Gasteiger partial charge >= 0.3 is 0 Å². The van der Waals surface area contributed by atoms with E-state index in [1.807, 2.05) is 34.4 Å². The van der Waals surface area contributed by atoms with Gasteiger partial charge in [-0.15, -0.1) is 12.6 Å². The van der Waals surface area contributed by atoms with Gasteiger partial charge in [0.15, 0.2) is 0 Å². The summed E-state index contributed by atoms with van der Waals surface area (Å²) in [4.78, 5) is 2.98. The lowest BCUT2D eigenvalue weighted by Gasteiger charge is -2.16. The highest BCUT2D eigenvalue weighted by Gasteiger charge is 2.16. The van der Waals surface area contributed by atoms with Crippen LogP contribution in [0.1, 0.15) is 25.8 Å². The van der Waals surface area contributed by atoms with Crippen LogP contribution in [0.3, 0.4) is 0 Å². The minimum Gasteiger partial charge on any atom is -0.300 e. The van der Waals surface area contributed by atoms with Crippen LogP contribution in [0.25, 0.3) is 16.3 Å². The van der Waals surface area contributed by atoms with Crippen molar-refractivity contribution in [2.45, 2.75) is 32.2 Å². The first kappa shape index (κ1) is 18.6. The molecular weight excluding hydrogens is 356 g/mol. The van der Waals surface area contributed by atoms with Gasteiger partial charge in [0.1, 0.15) is 11.2 Å². The Balaban J connectivity index is 1.92. The summed E-state index contributed by atoms with van der Waals surface area (Å²) in [5, 5.41) is 1.23. The minimum absolute atomic E-state index is 0.815. The topological polar surface area (TPSA) is 7.12 Å². The number of hydrogen-bond acceptors (Lipinski definition) is 3. The fourth-order valence-corrected chi connectivity index (χ4v) is 4.37. The molecule has 0 N–H and O–H groups in total. The number of rotatable bonds is 4. The third-order valence-corrected chi connectivity index (χ3v) is 5.66. The van der Waals surface area contributed by atoms with Crippen LogP contribution in [0.5, 0.6) is 0 Å². The molecule has 2 aromatic carbocycles. The summed E-state index contributed by atoms with van der Waals surface area (Å²) in [7, 11) is 0. The predicted octanol–water partition coefficient (Wildman–Crippen LogP) is 5.39. The standard InChI is InChI=1S/C22H22N2S2/c1-4-23(18-10-6-8-12-20(18)25)15-14-17(3)16-22-24(5-2)19-11-7-9-13-21(19)26-22/h6-13,16H,4-5H2,1-3H3/p+1. The molecule has 26 heavy (non-hydrogen) atoms. The van der Waals surface area contributed by atoms with Crippen LogP contribution >= 0.6 is 24.0 Å². The number of hydrogen-bond donors (Lipinski definition) is 1. The van der Waals surface area contributed by atoms with E-state index in [0.29, 0.717) is 0 Å². The minimum atomic E-state index is 0.815. The molecule has 3 aromatic rings. The number of fused-ring (bicyclic) bond motifs is 1. The van der Waals surface area contributed by atoms with Crippen molar-refractivity contribution in [3.63, 3.8) is 0 Å². The van der Waals surface area contributed by atoms with E-state index in [9.17, 15) is 0 Å². The molecule has 132 valence electrons. The molecule has 1 heterocycles. The maximum atomic E-state index is 4.54. The molecule has 0 radical (unpaired) electrons. The van der Waals surface area contributed by atoms with Gasteiger partial charge in [-0.05, 0) is 44.9 Å². The van der Waals surface area contributed by atoms with Gasteiger partial charge in [0.05, 0.1) is 5.69 Å². The van der Waals surface area contributed by atoms with Gasteiger partial charge in [-0.2, -0.15) is 4.57 Å². The molecule has 3 rings (SSSR count). The van der Waals surface area contributed by atoms with Crippen molar-refractivity contribution in [2.75, 3.05) is 11.4 Å². The average molecular weight is 380 g/mol. The molecule has 4 heteroatoms. The smallest absolute Gasteiger partial charge is 0.263 e. The van der Waals surface area contributed by atoms with Gasteiger partial charge in [-0.25, -0.2) is 0 Å². The molecule has 0 saturated carbocycles. The molecule has 0 aliphatic heterocycles. The molecule has 0 aliphatic carbocycles. The Morgan fingerprint density at radius 3 is 2.62 bits per heavy atom. The number of para-hydroxylation sites is 2. The van der Waals surface area contributed by atoms with Crippen molar-refractivity contribution < 1.29 is 4.57 Å². The second-order valence-corrected chi connectivity index (χ2v) is 7.49. The lowest BCUT2D eigenvalue weighted by atomic mass is 10.2. The molecule has 0 bridgehead atoms. The van der Waals surface area contributed by atoms with E-state index in [2.05, 4.69) is 86.3 Å². The normalized spacial score (nSPS) is 11.3. The first-order valence-corrected chi connectivity index (χ1v) is 10.1. The van der Waals surface area contributed by atoms with E-state index < -0.39 is 0 Å². The van der Waals surface area contributed by atoms with Crippen molar-refractivity contribution in [1.82, 2.24) is 0 Å². The van der Waals surface area contributed by atoms with Crippen LogP contribution in [-0.2, 0) is 6.54 Å². The highest BCUT2D eigenvalue weighted by atomic mass is 32.1. The Morgan fingerprint density at radius 2 is 1.88 bits per heavy atom. The quantitative estimate of drug-likeness (QED) is 0.276. The van der Waals surface area contributed by atoms with Crippen molar-refractivity contribution in [1.29, 1.82) is 0 Å². The maximum absolute atomic E-state index is 4.54. The van der Waals surface area contributed by atoms with Crippen molar-refractivity contribution in [3.8, 4) is 12.0 Å². The molecule has 1 aromatic heterocycles.